The van der Waals surface area contributed by atoms with Crippen molar-refractivity contribution in [2.45, 2.75) is 25.2 Å². The van der Waals surface area contributed by atoms with E-state index in [1.165, 1.54) is 14.1 Å². The van der Waals surface area contributed by atoms with Crippen molar-refractivity contribution in [3.63, 3.8) is 0 Å². The second-order valence-corrected chi connectivity index (χ2v) is 7.51. The number of aromatic nitrogens is 2. The van der Waals surface area contributed by atoms with Crippen molar-refractivity contribution < 1.29 is 8.42 Å². The molecule has 0 saturated carbocycles. The summed E-state index contributed by atoms with van der Waals surface area (Å²) < 4.78 is 28.7. The van der Waals surface area contributed by atoms with Gasteiger partial charge >= 0.3 is 5.69 Å². The zero-order valence-corrected chi connectivity index (χ0v) is 13.5. The molecule has 0 saturated heterocycles. The van der Waals surface area contributed by atoms with Crippen LogP contribution >= 0.6 is 0 Å². The Balaban J connectivity index is 3.16. The maximum Gasteiger partial charge on any atom is 0.330 e. The highest BCUT2D eigenvalue weighted by Crippen LogP contribution is 2.18. The number of nitrogens with one attached hydrogen (secondary N) is 1. The van der Waals surface area contributed by atoms with Crippen LogP contribution in [0.25, 0.3) is 0 Å². The molecule has 0 bridgehead atoms. The van der Waals surface area contributed by atoms with Crippen molar-refractivity contribution in [3.05, 3.63) is 27.0 Å². The highest BCUT2D eigenvalue weighted by atomic mass is 32.2. The van der Waals surface area contributed by atoms with E-state index >= 15 is 0 Å². The molecule has 0 aliphatic carbocycles. The summed E-state index contributed by atoms with van der Waals surface area (Å²) in [4.78, 5) is 23.1. The number of nitrogens with zero attached hydrogens (tertiary/aromatic N) is 2. The summed E-state index contributed by atoms with van der Waals surface area (Å²) in [5.41, 5.74) is 3.73. The molecule has 1 aromatic rings. The Hall–Kier alpha value is -1.45. The minimum absolute atomic E-state index is 0.151. The average Bonchev–Trinajstić information content (AvgIpc) is 2.38. The van der Waals surface area contributed by atoms with Gasteiger partial charge in [0.2, 0.25) is 10.0 Å². The van der Waals surface area contributed by atoms with Crippen LogP contribution in [0.15, 0.2) is 20.7 Å². The van der Waals surface area contributed by atoms with Gasteiger partial charge in [0.1, 0.15) is 0 Å². The van der Waals surface area contributed by atoms with Crippen molar-refractivity contribution in [1.29, 1.82) is 0 Å². The zero-order valence-electron chi connectivity index (χ0n) is 12.7. The van der Waals surface area contributed by atoms with Gasteiger partial charge in [0.05, 0.1) is 0 Å². The van der Waals surface area contributed by atoms with Crippen LogP contribution < -0.4 is 21.7 Å². The normalized spacial score (nSPS) is 12.6. The van der Waals surface area contributed by atoms with E-state index < -0.39 is 26.2 Å². The van der Waals surface area contributed by atoms with Gasteiger partial charge in [-0.05, 0) is 18.4 Å². The van der Waals surface area contributed by atoms with Crippen LogP contribution in [-0.4, -0.2) is 30.6 Å². The maximum absolute atomic E-state index is 12.2. The van der Waals surface area contributed by atoms with Crippen LogP contribution in [0.2, 0.25) is 0 Å². The van der Waals surface area contributed by atoms with Crippen LogP contribution in [0.1, 0.15) is 20.3 Å². The first-order valence-electron chi connectivity index (χ1n) is 6.48. The van der Waals surface area contributed by atoms with Crippen molar-refractivity contribution in [2.24, 2.45) is 25.2 Å². The monoisotopic (exact) mass is 318 g/mol. The maximum atomic E-state index is 12.2. The van der Waals surface area contributed by atoms with Gasteiger partial charge in [0, 0.05) is 26.8 Å². The first-order chi connectivity index (χ1) is 9.52. The molecule has 0 amide bonds. The van der Waals surface area contributed by atoms with E-state index in [1.807, 2.05) is 13.8 Å². The lowest BCUT2D eigenvalue weighted by atomic mass is 9.90. The summed E-state index contributed by atoms with van der Waals surface area (Å²) in [6.45, 7) is 4.34. The lowest BCUT2D eigenvalue weighted by molar-refractivity contribution is 0.340. The van der Waals surface area contributed by atoms with Crippen LogP contribution in [0.4, 0.5) is 0 Å². The summed E-state index contributed by atoms with van der Waals surface area (Å²) >= 11 is 0. The van der Waals surface area contributed by atoms with Gasteiger partial charge in [-0.2, -0.15) is 0 Å². The molecule has 8 nitrogen and oxygen atoms in total. The third-order valence-corrected chi connectivity index (χ3v) is 4.65. The average molecular weight is 318 g/mol. The van der Waals surface area contributed by atoms with Gasteiger partial charge < -0.3 is 10.3 Å². The Morgan fingerprint density at radius 3 is 2.38 bits per heavy atom. The number of sulfonamides is 1. The predicted octanol–water partition coefficient (Wildman–Crippen LogP) is -1.26. The molecule has 0 atom stereocenters. The minimum Gasteiger partial charge on any atom is -0.330 e. The van der Waals surface area contributed by atoms with Gasteiger partial charge in [0.25, 0.3) is 5.56 Å². The molecule has 0 spiro atoms. The molecule has 21 heavy (non-hydrogen) atoms. The molecular weight excluding hydrogens is 296 g/mol. The zero-order chi connectivity index (χ0) is 16.4. The van der Waals surface area contributed by atoms with E-state index in [2.05, 4.69) is 4.72 Å². The Morgan fingerprint density at radius 1 is 1.29 bits per heavy atom. The van der Waals surface area contributed by atoms with E-state index in [4.69, 9.17) is 5.73 Å². The Bertz CT molecular complexity index is 731. The largest absolute Gasteiger partial charge is 0.330 e. The second-order valence-electron chi connectivity index (χ2n) is 5.78. The van der Waals surface area contributed by atoms with Crippen molar-refractivity contribution in [3.8, 4) is 0 Å². The van der Waals surface area contributed by atoms with Crippen molar-refractivity contribution in [1.82, 2.24) is 13.9 Å². The summed E-state index contributed by atoms with van der Waals surface area (Å²) in [5.74, 6) is 0. The molecule has 120 valence electrons. The van der Waals surface area contributed by atoms with E-state index in [1.54, 1.807) is 0 Å². The van der Waals surface area contributed by atoms with Crippen molar-refractivity contribution >= 4 is 10.0 Å². The summed E-state index contributed by atoms with van der Waals surface area (Å²) in [6, 6.07) is 0. The first-order valence-corrected chi connectivity index (χ1v) is 7.96. The van der Waals surface area contributed by atoms with Crippen LogP contribution in [0.3, 0.4) is 0 Å². The SMILES string of the molecule is Cn1cc(S(=O)(=O)NCC(C)(C)CCN)c(=O)n(C)c1=O. The van der Waals surface area contributed by atoms with E-state index in [0.717, 1.165) is 15.3 Å². The fraction of sp³-hybridized carbons (Fsp3) is 0.667. The molecule has 0 radical (unpaired) electrons. The molecule has 1 heterocycles. The molecule has 0 unspecified atom stereocenters. The Labute approximate surface area is 123 Å². The van der Waals surface area contributed by atoms with Crippen molar-refractivity contribution in [2.75, 3.05) is 13.1 Å². The lowest BCUT2D eigenvalue weighted by Gasteiger charge is -2.24. The number of rotatable bonds is 6. The highest BCUT2D eigenvalue weighted by Gasteiger charge is 2.25. The number of hydrogen-bond acceptors (Lipinski definition) is 5. The van der Waals surface area contributed by atoms with Gasteiger partial charge in [-0.25, -0.2) is 17.9 Å². The molecule has 0 aliphatic heterocycles. The van der Waals surface area contributed by atoms with Crippen LogP contribution in [0, 0.1) is 5.41 Å². The fourth-order valence-electron chi connectivity index (χ4n) is 1.81. The number of aryl methyl sites for hydroxylation is 1. The molecule has 3 N–H and O–H groups in total. The molecule has 0 aromatic carbocycles. The van der Waals surface area contributed by atoms with Crippen LogP contribution in [0.5, 0.6) is 0 Å². The highest BCUT2D eigenvalue weighted by molar-refractivity contribution is 7.89. The molecule has 1 rings (SSSR count). The quantitative estimate of drug-likeness (QED) is 0.679. The number of nitrogens with two attached hydrogens (primary N) is 1. The summed E-state index contributed by atoms with van der Waals surface area (Å²) in [6.07, 6.45) is 1.67. The number of hydrogen-bond donors (Lipinski definition) is 2. The molecule has 0 aliphatic rings. The second kappa shape index (κ2) is 6.12. The molecule has 1 aromatic heterocycles. The Morgan fingerprint density at radius 2 is 1.86 bits per heavy atom. The topological polar surface area (TPSA) is 116 Å². The molecular formula is C12H22N4O4S. The van der Waals surface area contributed by atoms with E-state index in [9.17, 15) is 18.0 Å². The van der Waals surface area contributed by atoms with E-state index in [0.29, 0.717) is 13.0 Å². The fourth-order valence-corrected chi connectivity index (χ4v) is 3.21. The Kier molecular flexibility index (Phi) is 5.13. The molecule has 0 fully saturated rings. The van der Waals surface area contributed by atoms with Gasteiger partial charge in [-0.15, -0.1) is 0 Å². The van der Waals surface area contributed by atoms with Gasteiger partial charge in [-0.1, -0.05) is 13.8 Å². The van der Waals surface area contributed by atoms with Gasteiger partial charge in [0.15, 0.2) is 4.90 Å². The third-order valence-electron chi connectivity index (χ3n) is 3.27. The minimum atomic E-state index is -3.99. The summed E-state index contributed by atoms with van der Waals surface area (Å²) in [7, 11) is -1.36. The van der Waals surface area contributed by atoms with E-state index in [-0.39, 0.29) is 12.0 Å². The van der Waals surface area contributed by atoms with Crippen LogP contribution in [-0.2, 0) is 24.1 Å². The lowest BCUT2D eigenvalue weighted by Crippen LogP contribution is -2.43. The third kappa shape index (κ3) is 4.02. The van der Waals surface area contributed by atoms with Gasteiger partial charge in [-0.3, -0.25) is 9.36 Å². The smallest absolute Gasteiger partial charge is 0.330 e. The summed E-state index contributed by atoms with van der Waals surface area (Å²) in [5, 5.41) is 0. The standard InChI is InChI=1S/C12H22N4O4S/c1-12(2,5-6-13)8-14-21(19,20)9-7-15(3)11(18)16(4)10(9)17/h7,14H,5-6,8,13H2,1-4H3. The first kappa shape index (κ1) is 17.6. The molecule has 9 heteroatoms. The predicted molar refractivity (Wildman–Crippen MR) is 79.6 cm³/mol.